The molecule has 0 spiro atoms. The Morgan fingerprint density at radius 1 is 1.00 bits per heavy atom. The molecule has 0 radical (unpaired) electrons. The second kappa shape index (κ2) is 10.2. The van der Waals surface area contributed by atoms with Crippen LogP contribution in [-0.2, 0) is 20.9 Å². The lowest BCUT2D eigenvalue weighted by atomic mass is 9.93. The van der Waals surface area contributed by atoms with E-state index in [2.05, 4.69) is 11.9 Å². The van der Waals surface area contributed by atoms with Gasteiger partial charge in [0.2, 0.25) is 10.0 Å². The van der Waals surface area contributed by atoms with E-state index in [1.54, 1.807) is 0 Å². The van der Waals surface area contributed by atoms with Crippen LogP contribution in [0.25, 0.3) is 0 Å². The summed E-state index contributed by atoms with van der Waals surface area (Å²) in [5.74, 6) is 0.886. The third kappa shape index (κ3) is 6.91. The van der Waals surface area contributed by atoms with Gasteiger partial charge in [0.1, 0.15) is 0 Å². The van der Waals surface area contributed by atoms with Crippen molar-refractivity contribution < 1.29 is 26.3 Å². The Bertz CT molecular complexity index is 802. The van der Waals surface area contributed by atoms with Crippen LogP contribution in [0.2, 0.25) is 0 Å². The molecule has 1 aromatic rings. The van der Waals surface area contributed by atoms with Crippen LogP contribution in [0, 0.1) is 5.92 Å². The normalized spacial score (nSPS) is 22.9. The highest BCUT2D eigenvalue weighted by Crippen LogP contribution is 2.32. The fourth-order valence-electron chi connectivity index (χ4n) is 4.17. The molecular formula is C22H33F3N2O3S. The van der Waals surface area contributed by atoms with Crippen LogP contribution in [0.4, 0.5) is 13.2 Å². The number of hydrogen-bond donors (Lipinski definition) is 0. The predicted octanol–water partition coefficient (Wildman–Crippen LogP) is 4.39. The summed E-state index contributed by atoms with van der Waals surface area (Å²) in [4.78, 5) is 2.25. The van der Waals surface area contributed by atoms with E-state index in [0.717, 1.165) is 56.0 Å². The van der Waals surface area contributed by atoms with Gasteiger partial charge in [-0.05, 0) is 82.2 Å². The lowest BCUT2D eigenvalue weighted by Gasteiger charge is -2.34. The van der Waals surface area contributed by atoms with E-state index >= 15 is 0 Å². The molecule has 0 amide bonds. The van der Waals surface area contributed by atoms with Crippen molar-refractivity contribution in [1.82, 2.24) is 9.21 Å². The minimum absolute atomic E-state index is 0.114. The highest BCUT2D eigenvalue weighted by atomic mass is 32.2. The Kier molecular flexibility index (Phi) is 8.05. The van der Waals surface area contributed by atoms with Gasteiger partial charge in [0.25, 0.3) is 0 Å². The lowest BCUT2D eigenvalue weighted by molar-refractivity contribution is -0.137. The first-order valence-corrected chi connectivity index (χ1v) is 12.5. The van der Waals surface area contributed by atoms with Crippen molar-refractivity contribution in [3.8, 4) is 0 Å². The number of alkyl halides is 3. The lowest BCUT2D eigenvalue weighted by Crippen LogP contribution is -2.40. The highest BCUT2D eigenvalue weighted by molar-refractivity contribution is 7.89. The van der Waals surface area contributed by atoms with Gasteiger partial charge < -0.3 is 9.64 Å². The summed E-state index contributed by atoms with van der Waals surface area (Å²) in [7, 11) is -0.176. The van der Waals surface area contributed by atoms with Crippen molar-refractivity contribution in [2.24, 2.45) is 5.92 Å². The fourth-order valence-corrected chi connectivity index (χ4v) is 5.59. The molecule has 0 N–H and O–H groups in total. The van der Waals surface area contributed by atoms with Crippen LogP contribution < -0.4 is 0 Å². The first kappa shape index (κ1) is 24.5. The average Bonchev–Trinajstić information content (AvgIpc) is 3.54. The molecule has 0 unspecified atom stereocenters. The van der Waals surface area contributed by atoms with Gasteiger partial charge in [0.05, 0.1) is 16.6 Å². The fraction of sp³-hybridized carbons (Fsp3) is 0.727. The number of sulfonamides is 1. The second-order valence-electron chi connectivity index (χ2n) is 8.90. The zero-order valence-electron chi connectivity index (χ0n) is 18.3. The second-order valence-corrected chi connectivity index (χ2v) is 10.9. The minimum Gasteiger partial charge on any atom is -0.378 e. The van der Waals surface area contributed by atoms with Gasteiger partial charge in [-0.15, -0.1) is 0 Å². The molecule has 3 rings (SSSR count). The van der Waals surface area contributed by atoms with Crippen molar-refractivity contribution in [1.29, 1.82) is 0 Å². The highest BCUT2D eigenvalue weighted by Gasteiger charge is 2.34. The molecule has 9 heteroatoms. The largest absolute Gasteiger partial charge is 0.416 e. The van der Waals surface area contributed by atoms with E-state index < -0.39 is 21.8 Å². The quantitative estimate of drug-likeness (QED) is 0.484. The van der Waals surface area contributed by atoms with Crippen LogP contribution >= 0.6 is 0 Å². The van der Waals surface area contributed by atoms with Crippen LogP contribution in [0.3, 0.4) is 0 Å². The van der Waals surface area contributed by atoms with Gasteiger partial charge in [0, 0.05) is 32.8 Å². The smallest absolute Gasteiger partial charge is 0.378 e. The Morgan fingerprint density at radius 3 is 2.16 bits per heavy atom. The summed E-state index contributed by atoms with van der Waals surface area (Å²) in [6.07, 6.45) is 2.30. The Labute approximate surface area is 183 Å². The maximum absolute atomic E-state index is 12.8. The first-order valence-electron chi connectivity index (χ1n) is 11.0. The summed E-state index contributed by atoms with van der Waals surface area (Å²) < 4.78 is 71.2. The molecule has 2 saturated carbocycles. The minimum atomic E-state index is -4.49. The van der Waals surface area contributed by atoms with E-state index in [9.17, 15) is 21.6 Å². The topological polar surface area (TPSA) is 49.9 Å². The zero-order chi connectivity index (χ0) is 22.6. The molecule has 176 valence electrons. The molecule has 2 aliphatic rings. The average molecular weight is 463 g/mol. The number of rotatable bonds is 10. The van der Waals surface area contributed by atoms with Crippen molar-refractivity contribution >= 4 is 10.0 Å². The van der Waals surface area contributed by atoms with E-state index in [-0.39, 0.29) is 17.0 Å². The molecule has 0 aliphatic heterocycles. The van der Waals surface area contributed by atoms with Crippen molar-refractivity contribution in [2.75, 3.05) is 33.8 Å². The Hall–Kier alpha value is -1.16. The SMILES string of the molecule is CN(CCCOC1CCC(N(C)S(=O)(=O)c2ccc(C(F)(F)F)cc2)CC1)CC1CC1. The van der Waals surface area contributed by atoms with Gasteiger partial charge in [-0.25, -0.2) is 8.42 Å². The Morgan fingerprint density at radius 2 is 1.61 bits per heavy atom. The van der Waals surface area contributed by atoms with Crippen molar-refractivity contribution in [3.05, 3.63) is 29.8 Å². The van der Waals surface area contributed by atoms with E-state index in [4.69, 9.17) is 4.74 Å². The maximum Gasteiger partial charge on any atom is 0.416 e. The van der Waals surface area contributed by atoms with E-state index in [1.165, 1.54) is 30.7 Å². The predicted molar refractivity (Wildman–Crippen MR) is 113 cm³/mol. The summed E-state index contributed by atoms with van der Waals surface area (Å²) in [5.41, 5.74) is -0.856. The molecule has 2 fully saturated rings. The maximum atomic E-state index is 12.8. The van der Waals surface area contributed by atoms with Gasteiger partial charge in [-0.1, -0.05) is 0 Å². The summed E-state index contributed by atoms with van der Waals surface area (Å²) in [5, 5.41) is 0. The number of halogens is 3. The molecule has 2 aliphatic carbocycles. The molecule has 0 heterocycles. The molecular weight excluding hydrogens is 429 g/mol. The van der Waals surface area contributed by atoms with Crippen LogP contribution in [-0.4, -0.2) is 63.6 Å². The van der Waals surface area contributed by atoms with Crippen LogP contribution in [0.1, 0.15) is 50.5 Å². The van der Waals surface area contributed by atoms with Gasteiger partial charge in [-0.2, -0.15) is 17.5 Å². The van der Waals surface area contributed by atoms with Gasteiger partial charge in [0.15, 0.2) is 0 Å². The summed E-state index contributed by atoms with van der Waals surface area (Å²) in [6, 6.07) is 3.52. The van der Waals surface area contributed by atoms with E-state index in [1.807, 2.05) is 0 Å². The molecule has 5 nitrogen and oxygen atoms in total. The first-order chi connectivity index (χ1) is 14.6. The number of nitrogens with zero attached hydrogens (tertiary/aromatic N) is 2. The van der Waals surface area contributed by atoms with Crippen molar-refractivity contribution in [2.45, 2.75) is 68.2 Å². The summed E-state index contributed by atoms with van der Waals surface area (Å²) >= 11 is 0. The third-order valence-corrected chi connectivity index (χ3v) is 8.25. The van der Waals surface area contributed by atoms with Crippen molar-refractivity contribution in [3.63, 3.8) is 0 Å². The zero-order valence-corrected chi connectivity index (χ0v) is 19.1. The Balaban J connectivity index is 1.42. The molecule has 0 saturated heterocycles. The standard InChI is InChI=1S/C22H33F3N2O3S/c1-26(16-17-4-5-17)14-3-15-30-20-10-8-19(9-11-20)27(2)31(28,29)21-12-6-18(7-13-21)22(23,24)25/h6-7,12-13,17,19-20H,3-5,8-11,14-16H2,1-2H3. The molecule has 0 bridgehead atoms. The molecule has 1 aromatic carbocycles. The molecule has 0 aromatic heterocycles. The van der Waals surface area contributed by atoms with Gasteiger partial charge in [-0.3, -0.25) is 0 Å². The monoisotopic (exact) mass is 462 g/mol. The van der Waals surface area contributed by atoms with Gasteiger partial charge >= 0.3 is 6.18 Å². The number of ether oxygens (including phenoxy) is 1. The number of hydrogen-bond acceptors (Lipinski definition) is 4. The molecule has 0 atom stereocenters. The number of benzene rings is 1. The third-order valence-electron chi connectivity index (χ3n) is 6.32. The summed E-state index contributed by atoms with van der Waals surface area (Å²) in [6.45, 7) is 2.91. The van der Waals surface area contributed by atoms with Crippen LogP contribution in [0.15, 0.2) is 29.2 Å². The van der Waals surface area contributed by atoms with E-state index in [0.29, 0.717) is 19.4 Å². The van der Waals surface area contributed by atoms with Crippen LogP contribution in [0.5, 0.6) is 0 Å². The molecule has 31 heavy (non-hydrogen) atoms.